The topological polar surface area (TPSA) is 32.8 Å². The maximum absolute atomic E-state index is 12.8. The maximum atomic E-state index is 12.8. The predicted octanol–water partition coefficient (Wildman–Crippen LogP) is 4.23. The van der Waals surface area contributed by atoms with Crippen LogP contribution in [-0.4, -0.2) is 36.5 Å². The molecule has 2 aromatic rings. The van der Waals surface area contributed by atoms with Gasteiger partial charge in [-0.15, -0.1) is 0 Å². The fraction of sp³-hybridized carbons (Fsp3) is 0.348. The molecule has 1 amide bonds. The molecule has 0 saturated carbocycles. The first-order chi connectivity index (χ1) is 13.3. The summed E-state index contributed by atoms with van der Waals surface area (Å²) >= 11 is 0. The fourth-order valence-electron chi connectivity index (χ4n) is 3.57. The molecule has 0 atom stereocenters. The fourth-order valence-corrected chi connectivity index (χ4v) is 3.57. The van der Waals surface area contributed by atoms with Crippen LogP contribution < -0.4 is 4.90 Å². The van der Waals surface area contributed by atoms with Crippen LogP contribution in [0.5, 0.6) is 0 Å². The van der Waals surface area contributed by atoms with Crippen molar-refractivity contribution in [2.24, 2.45) is 0 Å². The van der Waals surface area contributed by atoms with Crippen molar-refractivity contribution < 1.29 is 9.53 Å². The van der Waals surface area contributed by atoms with Gasteiger partial charge in [-0.05, 0) is 37.5 Å². The highest BCUT2D eigenvalue weighted by molar-refractivity contribution is 6.01. The molecule has 0 radical (unpaired) electrons. The van der Waals surface area contributed by atoms with E-state index in [0.29, 0.717) is 6.61 Å². The summed E-state index contributed by atoms with van der Waals surface area (Å²) in [7, 11) is 0. The molecular formula is C23H28N2O2. The van der Waals surface area contributed by atoms with E-state index in [9.17, 15) is 4.79 Å². The largest absolute Gasteiger partial charge is 0.501 e. The van der Waals surface area contributed by atoms with E-state index in [1.54, 1.807) is 0 Å². The van der Waals surface area contributed by atoms with E-state index >= 15 is 0 Å². The van der Waals surface area contributed by atoms with Crippen molar-refractivity contribution >= 4 is 11.6 Å². The summed E-state index contributed by atoms with van der Waals surface area (Å²) in [5, 5.41) is 0. The molecule has 0 unspecified atom stereocenters. The Morgan fingerprint density at radius 2 is 1.70 bits per heavy atom. The van der Waals surface area contributed by atoms with Gasteiger partial charge in [-0.25, -0.2) is 0 Å². The van der Waals surface area contributed by atoms with Gasteiger partial charge in [0.1, 0.15) is 0 Å². The Bertz CT molecular complexity index is 723. The number of likely N-dealkylation sites (tertiary alicyclic amines) is 1. The Labute approximate surface area is 162 Å². The summed E-state index contributed by atoms with van der Waals surface area (Å²) in [5.74, 6) is -0.0174. The van der Waals surface area contributed by atoms with Gasteiger partial charge in [0.15, 0.2) is 0 Å². The third kappa shape index (κ3) is 5.44. The molecular weight excluding hydrogens is 336 g/mol. The number of piperidine rings is 1. The lowest BCUT2D eigenvalue weighted by molar-refractivity contribution is -0.115. The van der Waals surface area contributed by atoms with Crippen LogP contribution in [0.2, 0.25) is 0 Å². The van der Waals surface area contributed by atoms with Gasteiger partial charge in [0, 0.05) is 37.4 Å². The van der Waals surface area contributed by atoms with Gasteiger partial charge >= 0.3 is 0 Å². The molecule has 1 aliphatic heterocycles. The van der Waals surface area contributed by atoms with E-state index in [4.69, 9.17) is 4.74 Å². The van der Waals surface area contributed by atoms with Crippen molar-refractivity contribution in [3.8, 4) is 0 Å². The number of ether oxygens (including phenoxy) is 1. The first-order valence-corrected chi connectivity index (χ1v) is 9.70. The Morgan fingerprint density at radius 1 is 1.07 bits per heavy atom. The average Bonchev–Trinajstić information content (AvgIpc) is 2.71. The summed E-state index contributed by atoms with van der Waals surface area (Å²) < 4.78 is 5.22. The Morgan fingerprint density at radius 3 is 2.33 bits per heavy atom. The molecule has 3 rings (SSSR count). The van der Waals surface area contributed by atoms with Gasteiger partial charge in [-0.2, -0.15) is 0 Å². The number of carbonyl (C=O) groups excluding carboxylic acids is 1. The molecule has 27 heavy (non-hydrogen) atoms. The highest BCUT2D eigenvalue weighted by Gasteiger charge is 2.28. The molecule has 0 bridgehead atoms. The molecule has 0 N–H and O–H groups in total. The van der Waals surface area contributed by atoms with Crippen LogP contribution in [0.1, 0.15) is 25.3 Å². The zero-order chi connectivity index (χ0) is 18.9. The number of para-hydroxylation sites is 1. The second-order valence-electron chi connectivity index (χ2n) is 6.79. The van der Waals surface area contributed by atoms with E-state index < -0.39 is 0 Å². The number of benzene rings is 2. The maximum Gasteiger partial charge on any atom is 0.254 e. The third-order valence-electron chi connectivity index (χ3n) is 4.92. The first-order valence-electron chi connectivity index (χ1n) is 9.70. The summed E-state index contributed by atoms with van der Waals surface area (Å²) in [4.78, 5) is 17.2. The van der Waals surface area contributed by atoms with E-state index in [1.165, 1.54) is 17.9 Å². The quantitative estimate of drug-likeness (QED) is 0.544. The Balaban J connectivity index is 1.66. The molecule has 1 fully saturated rings. The minimum Gasteiger partial charge on any atom is -0.501 e. The number of nitrogens with zero attached hydrogens (tertiary/aromatic N) is 2. The van der Waals surface area contributed by atoms with Crippen molar-refractivity contribution in [3.05, 3.63) is 78.6 Å². The molecule has 0 aromatic heterocycles. The monoisotopic (exact) mass is 364 g/mol. The smallest absolute Gasteiger partial charge is 0.254 e. The lowest BCUT2D eigenvalue weighted by Gasteiger charge is -2.38. The standard InChI is InChI=1S/C23H28N2O2/c1-2-27-18-15-23(26)25(21-11-7-4-8-12-21)22-13-16-24(17-14-22)19-20-9-5-3-6-10-20/h3-12,15,18,22H,2,13-14,16-17,19H2,1H3/b18-15+. The first kappa shape index (κ1) is 19.2. The van der Waals surface area contributed by atoms with Crippen molar-refractivity contribution in [2.45, 2.75) is 32.4 Å². The molecule has 1 saturated heterocycles. The molecule has 0 spiro atoms. The minimum absolute atomic E-state index is 0.0174. The van der Waals surface area contributed by atoms with E-state index in [1.807, 2.05) is 42.2 Å². The molecule has 1 aliphatic rings. The second-order valence-corrected chi connectivity index (χ2v) is 6.79. The van der Waals surface area contributed by atoms with Crippen LogP contribution in [0.4, 0.5) is 5.69 Å². The van der Waals surface area contributed by atoms with Gasteiger partial charge in [0.2, 0.25) is 0 Å². The van der Waals surface area contributed by atoms with Crippen molar-refractivity contribution in [1.82, 2.24) is 4.90 Å². The average molecular weight is 364 g/mol. The molecule has 4 heteroatoms. The Kier molecular flexibility index (Phi) is 7.05. The summed E-state index contributed by atoms with van der Waals surface area (Å²) in [6, 6.07) is 20.7. The van der Waals surface area contributed by atoms with E-state index in [-0.39, 0.29) is 11.9 Å². The number of hydrogen-bond acceptors (Lipinski definition) is 3. The number of hydrogen-bond donors (Lipinski definition) is 0. The number of rotatable bonds is 7. The van der Waals surface area contributed by atoms with Crippen LogP contribution >= 0.6 is 0 Å². The normalized spacial score (nSPS) is 15.7. The number of amides is 1. The number of anilines is 1. The van der Waals surface area contributed by atoms with Gasteiger partial charge in [-0.1, -0.05) is 48.5 Å². The van der Waals surface area contributed by atoms with E-state index in [0.717, 1.165) is 38.2 Å². The molecule has 2 aromatic carbocycles. The van der Waals surface area contributed by atoms with Gasteiger partial charge in [0.25, 0.3) is 5.91 Å². The SMILES string of the molecule is CCO/C=C/C(=O)N(c1ccccc1)C1CCN(Cc2ccccc2)CC1. The van der Waals surface area contributed by atoms with Gasteiger partial charge in [-0.3, -0.25) is 9.69 Å². The van der Waals surface area contributed by atoms with E-state index in [2.05, 4.69) is 35.2 Å². The minimum atomic E-state index is -0.0174. The zero-order valence-electron chi connectivity index (χ0n) is 16.0. The van der Waals surface area contributed by atoms with Gasteiger partial charge in [0.05, 0.1) is 12.9 Å². The lowest BCUT2D eigenvalue weighted by Crippen LogP contribution is -2.47. The van der Waals surface area contributed by atoms with Gasteiger partial charge < -0.3 is 9.64 Å². The molecule has 1 heterocycles. The lowest BCUT2D eigenvalue weighted by atomic mass is 10.0. The van der Waals surface area contributed by atoms with Crippen LogP contribution in [0, 0.1) is 0 Å². The summed E-state index contributed by atoms with van der Waals surface area (Å²) in [5.41, 5.74) is 2.29. The molecule has 142 valence electrons. The van der Waals surface area contributed by atoms with Crippen molar-refractivity contribution in [1.29, 1.82) is 0 Å². The van der Waals surface area contributed by atoms with Crippen LogP contribution in [0.3, 0.4) is 0 Å². The van der Waals surface area contributed by atoms with Crippen LogP contribution in [0.15, 0.2) is 73.0 Å². The number of carbonyl (C=O) groups is 1. The summed E-state index contributed by atoms with van der Waals surface area (Å²) in [6.45, 7) is 5.42. The van der Waals surface area contributed by atoms with Crippen LogP contribution in [-0.2, 0) is 16.1 Å². The third-order valence-corrected chi connectivity index (χ3v) is 4.92. The molecule has 0 aliphatic carbocycles. The highest BCUT2D eigenvalue weighted by atomic mass is 16.5. The van der Waals surface area contributed by atoms with Crippen LogP contribution in [0.25, 0.3) is 0 Å². The Hall–Kier alpha value is -2.59. The predicted molar refractivity (Wildman–Crippen MR) is 109 cm³/mol. The second kappa shape index (κ2) is 9.93. The van der Waals surface area contributed by atoms with Crippen molar-refractivity contribution in [2.75, 3.05) is 24.6 Å². The van der Waals surface area contributed by atoms with Crippen molar-refractivity contribution in [3.63, 3.8) is 0 Å². The zero-order valence-corrected chi connectivity index (χ0v) is 16.0. The highest BCUT2D eigenvalue weighted by Crippen LogP contribution is 2.25. The summed E-state index contributed by atoms with van der Waals surface area (Å²) in [6.07, 6.45) is 4.97. The molecule has 4 nitrogen and oxygen atoms in total.